The van der Waals surface area contributed by atoms with Gasteiger partial charge in [-0.3, -0.25) is 14.5 Å². The first-order valence-electron chi connectivity index (χ1n) is 9.98. The lowest BCUT2D eigenvalue weighted by Crippen LogP contribution is -2.29. The summed E-state index contributed by atoms with van der Waals surface area (Å²) in [6.45, 7) is 5.48. The number of anilines is 2. The van der Waals surface area contributed by atoms with Crippen molar-refractivity contribution in [1.29, 1.82) is 0 Å². The lowest BCUT2D eigenvalue weighted by molar-refractivity contribution is -0.137. The van der Waals surface area contributed by atoms with Crippen molar-refractivity contribution in [2.45, 2.75) is 39.3 Å². The number of carbonyl (C=O) groups is 2. The van der Waals surface area contributed by atoms with Crippen LogP contribution in [0.3, 0.4) is 0 Å². The van der Waals surface area contributed by atoms with Crippen molar-refractivity contribution in [2.75, 3.05) is 18.6 Å². The summed E-state index contributed by atoms with van der Waals surface area (Å²) in [5, 5.41) is 4.03. The van der Waals surface area contributed by atoms with Crippen molar-refractivity contribution in [3.05, 3.63) is 58.7 Å². The molecule has 0 aromatic heterocycles. The summed E-state index contributed by atoms with van der Waals surface area (Å²) in [4.78, 5) is 26.6. The Balaban J connectivity index is 2.06. The molecule has 0 aliphatic carbocycles. The van der Waals surface area contributed by atoms with E-state index in [1.807, 2.05) is 19.9 Å². The van der Waals surface area contributed by atoms with E-state index in [0.717, 1.165) is 23.3 Å². The molecule has 0 bridgehead atoms. The van der Waals surface area contributed by atoms with Crippen LogP contribution in [-0.2, 0) is 20.5 Å². The normalized spacial score (nSPS) is 16.3. The minimum absolute atomic E-state index is 0.0894. The van der Waals surface area contributed by atoms with Crippen LogP contribution in [0, 0.1) is 13.8 Å². The van der Waals surface area contributed by atoms with Gasteiger partial charge in [-0.2, -0.15) is 18.3 Å². The molecule has 1 unspecified atom stereocenters. The second-order valence-electron chi connectivity index (χ2n) is 7.75. The maximum Gasteiger partial charge on any atom is 0.416 e. The minimum Gasteiger partial charge on any atom is -0.384 e. The number of carbonyl (C=O) groups excluding carboxylic acids is 2. The number of halogens is 3. The highest BCUT2D eigenvalue weighted by atomic mass is 19.4. The summed E-state index contributed by atoms with van der Waals surface area (Å²) in [7, 11) is 1.47. The van der Waals surface area contributed by atoms with E-state index in [1.54, 1.807) is 19.1 Å². The topological polar surface area (TPSA) is 71.0 Å². The summed E-state index contributed by atoms with van der Waals surface area (Å²) < 4.78 is 45.0. The van der Waals surface area contributed by atoms with Crippen LogP contribution < -0.4 is 10.3 Å². The van der Waals surface area contributed by atoms with Crippen molar-refractivity contribution in [1.82, 2.24) is 5.43 Å². The van der Waals surface area contributed by atoms with Gasteiger partial charge in [0.15, 0.2) is 0 Å². The molecule has 2 aromatic rings. The second-order valence-corrected chi connectivity index (χ2v) is 7.75. The number of benzene rings is 2. The first-order valence-corrected chi connectivity index (χ1v) is 9.98. The van der Waals surface area contributed by atoms with Crippen molar-refractivity contribution in [2.24, 2.45) is 5.10 Å². The highest BCUT2D eigenvalue weighted by molar-refractivity contribution is 6.22. The van der Waals surface area contributed by atoms with Gasteiger partial charge in [0.05, 0.1) is 30.0 Å². The fourth-order valence-corrected chi connectivity index (χ4v) is 3.75. The number of alkyl halides is 3. The van der Waals surface area contributed by atoms with Gasteiger partial charge in [0.25, 0.3) is 0 Å². The largest absolute Gasteiger partial charge is 0.416 e. The van der Waals surface area contributed by atoms with Gasteiger partial charge in [0.1, 0.15) is 5.92 Å². The van der Waals surface area contributed by atoms with Crippen LogP contribution in [0.4, 0.5) is 24.5 Å². The molecule has 1 aliphatic rings. The number of methoxy groups -OCH3 is 1. The first kappa shape index (κ1) is 23.5. The monoisotopic (exact) mass is 447 g/mol. The van der Waals surface area contributed by atoms with E-state index in [9.17, 15) is 22.8 Å². The number of fused-ring (bicyclic) bond motifs is 1. The molecule has 9 heteroatoms. The van der Waals surface area contributed by atoms with Crippen LogP contribution in [0.25, 0.3) is 0 Å². The van der Waals surface area contributed by atoms with E-state index >= 15 is 0 Å². The molecule has 6 nitrogen and oxygen atoms in total. The molecule has 0 saturated heterocycles. The van der Waals surface area contributed by atoms with Gasteiger partial charge in [0.2, 0.25) is 11.8 Å². The van der Waals surface area contributed by atoms with Crippen molar-refractivity contribution < 1.29 is 27.5 Å². The maximum absolute atomic E-state index is 13.4. The highest BCUT2D eigenvalue weighted by Gasteiger charge is 2.42. The standard InChI is InChI=1S/C23H24F3N3O3/c1-13-9-14(2)11-17(10-13)29-19-12-16(23(24,25)26)5-6-18(19)21(22(29)31)15(3)27-28-20(30)7-8-32-4/h5-6,9-12,21H,7-8H2,1-4H3,(H,28,30)/b27-15-. The molecule has 0 radical (unpaired) electrons. The summed E-state index contributed by atoms with van der Waals surface area (Å²) in [5.74, 6) is -1.75. The molecule has 1 atom stereocenters. The maximum atomic E-state index is 13.4. The van der Waals surface area contributed by atoms with Gasteiger partial charge in [0, 0.05) is 12.8 Å². The minimum atomic E-state index is -4.55. The number of amides is 2. The van der Waals surface area contributed by atoms with Gasteiger partial charge in [-0.05, 0) is 61.7 Å². The third kappa shape index (κ3) is 4.83. The van der Waals surface area contributed by atoms with Gasteiger partial charge < -0.3 is 4.74 Å². The predicted octanol–water partition coefficient (Wildman–Crippen LogP) is 4.61. The van der Waals surface area contributed by atoms with Gasteiger partial charge in [-0.25, -0.2) is 5.43 Å². The Bertz CT molecular complexity index is 1060. The molecule has 0 spiro atoms. The summed E-state index contributed by atoms with van der Waals surface area (Å²) in [6.07, 6.45) is -4.46. The number of hydrazone groups is 1. The summed E-state index contributed by atoms with van der Waals surface area (Å²) in [5.41, 5.74) is 4.58. The molecule has 1 aliphatic heterocycles. The molecule has 3 rings (SSSR count). The third-order valence-electron chi connectivity index (χ3n) is 5.15. The Labute approximate surface area is 184 Å². The molecule has 32 heavy (non-hydrogen) atoms. The number of hydrogen-bond donors (Lipinski definition) is 1. The number of nitrogens with one attached hydrogen (secondary N) is 1. The predicted molar refractivity (Wildman–Crippen MR) is 115 cm³/mol. The van der Waals surface area contributed by atoms with E-state index in [1.165, 1.54) is 18.1 Å². The molecule has 0 fully saturated rings. The smallest absolute Gasteiger partial charge is 0.384 e. The highest BCUT2D eigenvalue weighted by Crippen LogP contribution is 2.45. The van der Waals surface area contributed by atoms with Crippen LogP contribution in [0.2, 0.25) is 0 Å². The zero-order chi connectivity index (χ0) is 23.6. The molecule has 1 heterocycles. The lowest BCUT2D eigenvalue weighted by Gasteiger charge is -2.20. The number of ether oxygens (including phenoxy) is 1. The fraction of sp³-hybridized carbons (Fsp3) is 0.348. The van der Waals surface area contributed by atoms with Crippen molar-refractivity contribution >= 4 is 28.9 Å². The molecule has 2 amide bonds. The molecular formula is C23H24F3N3O3. The number of nitrogens with zero attached hydrogens (tertiary/aromatic N) is 2. The average molecular weight is 447 g/mol. The van der Waals surface area contributed by atoms with Crippen molar-refractivity contribution in [3.63, 3.8) is 0 Å². The zero-order valence-electron chi connectivity index (χ0n) is 18.2. The van der Waals surface area contributed by atoms with Crippen LogP contribution in [-0.4, -0.2) is 31.2 Å². The lowest BCUT2D eigenvalue weighted by atomic mass is 9.95. The SMILES string of the molecule is COCCC(=O)N/N=C(/C)C1C(=O)N(c2cc(C)cc(C)c2)c2cc(C(F)(F)F)ccc21. The van der Waals surface area contributed by atoms with E-state index < -0.39 is 29.5 Å². The van der Waals surface area contributed by atoms with Gasteiger partial charge >= 0.3 is 6.18 Å². The molecular weight excluding hydrogens is 423 g/mol. The van der Waals surface area contributed by atoms with E-state index in [4.69, 9.17) is 4.74 Å². The fourth-order valence-electron chi connectivity index (χ4n) is 3.75. The number of hydrogen-bond acceptors (Lipinski definition) is 4. The number of rotatable bonds is 6. The number of aryl methyl sites for hydroxylation is 2. The van der Waals surface area contributed by atoms with E-state index in [-0.39, 0.29) is 24.4 Å². The Kier molecular flexibility index (Phi) is 6.68. The Morgan fingerprint density at radius 2 is 1.81 bits per heavy atom. The van der Waals surface area contributed by atoms with Crippen LogP contribution in [0.15, 0.2) is 41.5 Å². The Morgan fingerprint density at radius 1 is 1.16 bits per heavy atom. The average Bonchev–Trinajstić information content (AvgIpc) is 3.00. The summed E-state index contributed by atoms with van der Waals surface area (Å²) >= 11 is 0. The second kappa shape index (κ2) is 9.12. The molecule has 170 valence electrons. The third-order valence-corrected chi connectivity index (χ3v) is 5.15. The Hall–Kier alpha value is -3.20. The zero-order valence-corrected chi connectivity index (χ0v) is 18.2. The van der Waals surface area contributed by atoms with E-state index in [2.05, 4.69) is 10.5 Å². The molecule has 1 N–H and O–H groups in total. The van der Waals surface area contributed by atoms with Crippen molar-refractivity contribution in [3.8, 4) is 0 Å². The van der Waals surface area contributed by atoms with Gasteiger partial charge in [-0.1, -0.05) is 12.1 Å². The summed E-state index contributed by atoms with van der Waals surface area (Å²) in [6, 6.07) is 8.64. The van der Waals surface area contributed by atoms with Crippen LogP contribution in [0.1, 0.15) is 41.5 Å². The quantitative estimate of drug-likeness (QED) is 0.519. The van der Waals surface area contributed by atoms with E-state index in [0.29, 0.717) is 11.3 Å². The first-order chi connectivity index (χ1) is 15.0. The Morgan fingerprint density at radius 3 is 2.41 bits per heavy atom. The van der Waals surface area contributed by atoms with Crippen LogP contribution in [0.5, 0.6) is 0 Å². The molecule has 2 aromatic carbocycles. The van der Waals surface area contributed by atoms with Crippen LogP contribution >= 0.6 is 0 Å². The molecule has 0 saturated carbocycles. The van der Waals surface area contributed by atoms with Gasteiger partial charge in [-0.15, -0.1) is 0 Å².